The van der Waals surface area contributed by atoms with E-state index in [9.17, 15) is 14.4 Å². The number of nitrogens with zero attached hydrogens (tertiary/aromatic N) is 3. The molecular formula is C24H48ClN5O3V. The van der Waals surface area contributed by atoms with Crippen molar-refractivity contribution in [1.29, 1.82) is 0 Å². The molecule has 0 aliphatic carbocycles. The van der Waals surface area contributed by atoms with Gasteiger partial charge in [0, 0.05) is 71.6 Å². The van der Waals surface area contributed by atoms with Crippen LogP contribution in [0.2, 0.25) is 0 Å². The molecule has 3 aliphatic rings. The van der Waals surface area contributed by atoms with Gasteiger partial charge in [0.1, 0.15) is 0 Å². The summed E-state index contributed by atoms with van der Waals surface area (Å²) >= 11 is 0. The van der Waals surface area contributed by atoms with Crippen LogP contribution in [0, 0.1) is 17.8 Å². The largest absolute Gasteiger partial charge is 0.351 e. The summed E-state index contributed by atoms with van der Waals surface area (Å²) in [6, 6.07) is -0.336. The number of rotatable bonds is 6. The Morgan fingerprint density at radius 3 is 1.97 bits per heavy atom. The summed E-state index contributed by atoms with van der Waals surface area (Å²) in [5.41, 5.74) is 5.36. The summed E-state index contributed by atoms with van der Waals surface area (Å²) in [6.45, 7) is 7.16. The van der Waals surface area contributed by atoms with Crippen LogP contribution in [0.25, 0.3) is 0 Å². The summed E-state index contributed by atoms with van der Waals surface area (Å²) in [5.74, 6) is 1.54. The van der Waals surface area contributed by atoms with Gasteiger partial charge >= 0.3 is 6.03 Å². The van der Waals surface area contributed by atoms with Crippen molar-refractivity contribution in [3.8, 4) is 0 Å². The quantitative estimate of drug-likeness (QED) is 0.541. The van der Waals surface area contributed by atoms with Gasteiger partial charge in [-0.3, -0.25) is 9.59 Å². The molecule has 3 rings (SSSR count). The average molecular weight is 541 g/mol. The number of primary amides is 1. The van der Waals surface area contributed by atoms with Crippen molar-refractivity contribution in [3.63, 3.8) is 0 Å². The van der Waals surface area contributed by atoms with Crippen molar-refractivity contribution in [3.05, 3.63) is 0 Å². The predicted octanol–water partition coefficient (Wildman–Crippen LogP) is 2.94. The number of piperidine rings is 3. The van der Waals surface area contributed by atoms with E-state index < -0.39 is 6.03 Å². The van der Waals surface area contributed by atoms with Gasteiger partial charge < -0.3 is 25.8 Å². The molecule has 0 unspecified atom stereocenters. The van der Waals surface area contributed by atoms with E-state index in [1.54, 1.807) is 11.9 Å². The van der Waals surface area contributed by atoms with Gasteiger partial charge in [0.05, 0.1) is 0 Å². The van der Waals surface area contributed by atoms with E-state index in [0.29, 0.717) is 25.9 Å². The second kappa shape index (κ2) is 15.9. The molecule has 0 bridgehead atoms. The fraction of sp³-hybridized carbons (Fsp3) is 0.875. The van der Waals surface area contributed by atoms with Crippen LogP contribution in [0.15, 0.2) is 0 Å². The Balaban J connectivity index is 0. The minimum absolute atomic E-state index is 0. The number of likely N-dealkylation sites (tertiary alicyclic amines) is 2. The van der Waals surface area contributed by atoms with E-state index >= 15 is 0 Å². The smallest absolute Gasteiger partial charge is 0.314 e. The van der Waals surface area contributed by atoms with Crippen LogP contribution in [0.1, 0.15) is 67.1 Å². The van der Waals surface area contributed by atoms with Gasteiger partial charge in [0.15, 0.2) is 0 Å². The molecule has 1 atom stereocenters. The van der Waals surface area contributed by atoms with Crippen LogP contribution in [0.5, 0.6) is 0 Å². The van der Waals surface area contributed by atoms with Crippen LogP contribution < -0.4 is 11.1 Å². The Kier molecular flexibility index (Phi) is 15.5. The molecule has 1 radical (unpaired) electrons. The Bertz CT molecular complexity index is 641. The SMILES string of the molecule is C.CC[C@@H](CC(=O)N1CCC(N(C)C(N)=O)CC1)C(=O)N1CCC(C2CCNCC2)CC1.Cl.[HH].[V]. The summed E-state index contributed by atoms with van der Waals surface area (Å²) in [7, 11) is 1.71. The number of nitrogens with one attached hydrogen (secondary N) is 1. The molecule has 3 aliphatic heterocycles. The van der Waals surface area contributed by atoms with Crippen molar-refractivity contribution in [1.82, 2.24) is 20.0 Å². The summed E-state index contributed by atoms with van der Waals surface area (Å²) in [6.07, 6.45) is 7.18. The van der Waals surface area contributed by atoms with Crippen LogP contribution in [-0.4, -0.2) is 84.9 Å². The molecular weight excluding hydrogens is 493 g/mol. The minimum atomic E-state index is -0.426. The molecule has 0 aromatic rings. The zero-order chi connectivity index (χ0) is 22.4. The topological polar surface area (TPSA) is 99.0 Å². The molecule has 0 spiro atoms. The van der Waals surface area contributed by atoms with Gasteiger partial charge in [-0.1, -0.05) is 14.4 Å². The minimum Gasteiger partial charge on any atom is -0.351 e. The molecule has 0 saturated carbocycles. The van der Waals surface area contributed by atoms with Crippen molar-refractivity contribution < 1.29 is 34.4 Å². The molecule has 10 heteroatoms. The maximum atomic E-state index is 13.1. The third-order valence-electron chi connectivity index (χ3n) is 7.88. The molecule has 0 aromatic heterocycles. The first kappa shape index (κ1) is 33.0. The Morgan fingerprint density at radius 1 is 0.971 bits per heavy atom. The zero-order valence-electron chi connectivity index (χ0n) is 20.2. The van der Waals surface area contributed by atoms with Gasteiger partial charge in [-0.05, 0) is 69.9 Å². The first-order chi connectivity index (χ1) is 14.9. The number of hydrogen-bond acceptors (Lipinski definition) is 4. The molecule has 3 heterocycles. The predicted molar refractivity (Wildman–Crippen MR) is 136 cm³/mol. The number of amides is 4. The molecule has 34 heavy (non-hydrogen) atoms. The first-order valence-corrected chi connectivity index (χ1v) is 12.2. The number of hydrogen-bond donors (Lipinski definition) is 2. The normalized spacial score (nSPS) is 20.9. The number of carbonyl (C=O) groups is 3. The fourth-order valence-corrected chi connectivity index (χ4v) is 5.59. The van der Waals surface area contributed by atoms with Crippen LogP contribution in [0.4, 0.5) is 4.79 Å². The van der Waals surface area contributed by atoms with Gasteiger partial charge in [0.2, 0.25) is 11.8 Å². The molecule has 4 amide bonds. The van der Waals surface area contributed by atoms with E-state index in [2.05, 4.69) is 5.32 Å². The molecule has 8 nitrogen and oxygen atoms in total. The van der Waals surface area contributed by atoms with Crippen molar-refractivity contribution in [2.75, 3.05) is 46.3 Å². The summed E-state index contributed by atoms with van der Waals surface area (Å²) in [5, 5.41) is 3.44. The van der Waals surface area contributed by atoms with Crippen molar-refractivity contribution in [2.45, 2.75) is 71.8 Å². The average Bonchev–Trinajstić information content (AvgIpc) is 2.82. The maximum absolute atomic E-state index is 13.1. The molecule has 0 aromatic carbocycles. The van der Waals surface area contributed by atoms with Crippen LogP contribution >= 0.6 is 12.4 Å². The molecule has 3 saturated heterocycles. The standard InChI is InChI=1S/C23H41N5O3.CH4.ClH.V.H2/c1-3-17(16-21(29)27-14-8-20(9-15-27)26(2)23(24)31)22(30)28-12-6-19(7-13-28)18-4-10-25-11-5-18;;;;/h17-20,25H,3-16H2,1-2H3,(H2,24,31);1H4;1H;;1H/t17-;;;;/m0..../s1. The van der Waals surface area contributed by atoms with Crippen molar-refractivity contribution >= 4 is 30.3 Å². The Morgan fingerprint density at radius 2 is 1.47 bits per heavy atom. The van der Waals surface area contributed by atoms with Gasteiger partial charge in [0.25, 0.3) is 0 Å². The van der Waals surface area contributed by atoms with E-state index in [-0.39, 0.29) is 63.6 Å². The van der Waals surface area contributed by atoms with Crippen LogP contribution in [-0.2, 0) is 28.1 Å². The first-order valence-electron chi connectivity index (χ1n) is 12.2. The van der Waals surface area contributed by atoms with Crippen LogP contribution in [0.3, 0.4) is 0 Å². The van der Waals surface area contributed by atoms with E-state index in [0.717, 1.165) is 63.7 Å². The van der Waals surface area contributed by atoms with Gasteiger partial charge in [-0.2, -0.15) is 0 Å². The molecule has 199 valence electrons. The Hall–Kier alpha value is -0.956. The monoisotopic (exact) mass is 540 g/mol. The second-order valence-electron chi connectivity index (χ2n) is 9.62. The Labute approximate surface area is 225 Å². The zero-order valence-corrected chi connectivity index (χ0v) is 22.4. The third kappa shape index (κ3) is 8.61. The van der Waals surface area contributed by atoms with Crippen molar-refractivity contribution in [2.24, 2.45) is 23.5 Å². The number of nitrogens with two attached hydrogens (primary N) is 1. The number of urea groups is 1. The maximum Gasteiger partial charge on any atom is 0.314 e. The second-order valence-corrected chi connectivity index (χ2v) is 9.62. The summed E-state index contributed by atoms with van der Waals surface area (Å²) < 4.78 is 0. The number of halogens is 1. The van der Waals surface area contributed by atoms with E-state index in [1.807, 2.05) is 16.7 Å². The number of carbonyl (C=O) groups excluding carboxylic acids is 3. The third-order valence-corrected chi connectivity index (χ3v) is 7.88. The molecule has 3 N–H and O–H groups in total. The van der Waals surface area contributed by atoms with E-state index in [4.69, 9.17) is 5.73 Å². The fourth-order valence-electron chi connectivity index (χ4n) is 5.59. The van der Waals surface area contributed by atoms with Gasteiger partial charge in [-0.15, -0.1) is 12.4 Å². The van der Waals surface area contributed by atoms with Gasteiger partial charge in [-0.25, -0.2) is 4.79 Å². The molecule has 3 fully saturated rings. The summed E-state index contributed by atoms with van der Waals surface area (Å²) in [4.78, 5) is 42.8. The van der Waals surface area contributed by atoms with E-state index in [1.165, 1.54) is 12.8 Å².